The zero-order valence-electron chi connectivity index (χ0n) is 15.1. The van der Waals surface area contributed by atoms with E-state index >= 15 is 0 Å². The SMILES string of the molecule is Cc1nccnc1N1CCN(C(=O)CC2OCCc3ccccc32)CC1. The second-order valence-corrected chi connectivity index (χ2v) is 6.85. The monoisotopic (exact) mass is 352 g/mol. The normalized spacial score (nSPS) is 20.0. The molecule has 1 aromatic carbocycles. The summed E-state index contributed by atoms with van der Waals surface area (Å²) in [7, 11) is 0. The van der Waals surface area contributed by atoms with Crippen molar-refractivity contribution in [3.8, 4) is 0 Å². The number of hydrogen-bond acceptors (Lipinski definition) is 5. The summed E-state index contributed by atoms with van der Waals surface area (Å²) in [5.74, 6) is 1.09. The summed E-state index contributed by atoms with van der Waals surface area (Å²) in [6.45, 7) is 5.65. The fourth-order valence-corrected chi connectivity index (χ4v) is 3.81. The first kappa shape index (κ1) is 17.0. The Morgan fingerprint density at radius 1 is 1.15 bits per heavy atom. The fraction of sp³-hybridized carbons (Fsp3) is 0.450. The van der Waals surface area contributed by atoms with Gasteiger partial charge in [0.1, 0.15) is 5.82 Å². The molecule has 1 atom stereocenters. The first-order valence-corrected chi connectivity index (χ1v) is 9.22. The lowest BCUT2D eigenvalue weighted by molar-refractivity contribution is -0.135. The molecule has 0 spiro atoms. The van der Waals surface area contributed by atoms with E-state index in [0.29, 0.717) is 26.1 Å². The Kier molecular flexibility index (Phi) is 4.84. The number of ether oxygens (including phenoxy) is 1. The molecular weight excluding hydrogens is 328 g/mol. The molecule has 1 saturated heterocycles. The maximum absolute atomic E-state index is 12.8. The van der Waals surface area contributed by atoms with Crippen molar-refractivity contribution in [2.75, 3.05) is 37.7 Å². The number of carbonyl (C=O) groups is 1. The minimum Gasteiger partial charge on any atom is -0.373 e. The Labute approximate surface area is 153 Å². The molecule has 0 saturated carbocycles. The maximum Gasteiger partial charge on any atom is 0.225 e. The quantitative estimate of drug-likeness (QED) is 0.847. The smallest absolute Gasteiger partial charge is 0.225 e. The summed E-state index contributed by atoms with van der Waals surface area (Å²) in [5.41, 5.74) is 3.40. The van der Waals surface area contributed by atoms with Crippen LogP contribution in [0, 0.1) is 6.92 Å². The highest BCUT2D eigenvalue weighted by atomic mass is 16.5. The van der Waals surface area contributed by atoms with Crippen molar-refractivity contribution in [1.29, 1.82) is 0 Å². The predicted molar refractivity (Wildman–Crippen MR) is 99.0 cm³/mol. The number of aryl methyl sites for hydroxylation is 1. The van der Waals surface area contributed by atoms with Gasteiger partial charge in [0.25, 0.3) is 0 Å². The van der Waals surface area contributed by atoms with Crippen LogP contribution in [0.25, 0.3) is 0 Å². The van der Waals surface area contributed by atoms with Gasteiger partial charge in [0.15, 0.2) is 0 Å². The van der Waals surface area contributed by atoms with Gasteiger partial charge in [-0.2, -0.15) is 0 Å². The van der Waals surface area contributed by atoms with E-state index in [0.717, 1.165) is 31.0 Å². The Bertz CT molecular complexity index is 787. The van der Waals surface area contributed by atoms with Crippen molar-refractivity contribution in [3.63, 3.8) is 0 Å². The van der Waals surface area contributed by atoms with Crippen LogP contribution >= 0.6 is 0 Å². The Balaban J connectivity index is 1.37. The number of aromatic nitrogens is 2. The first-order valence-electron chi connectivity index (χ1n) is 9.22. The minimum atomic E-state index is -0.118. The lowest BCUT2D eigenvalue weighted by Crippen LogP contribution is -2.49. The van der Waals surface area contributed by atoms with Crippen molar-refractivity contribution in [2.45, 2.75) is 25.9 Å². The second kappa shape index (κ2) is 7.41. The number of rotatable bonds is 3. The highest BCUT2D eigenvalue weighted by molar-refractivity contribution is 5.77. The molecule has 0 N–H and O–H groups in total. The number of anilines is 1. The number of benzene rings is 1. The van der Waals surface area contributed by atoms with Gasteiger partial charge < -0.3 is 14.5 Å². The second-order valence-electron chi connectivity index (χ2n) is 6.85. The number of amides is 1. The van der Waals surface area contributed by atoms with Crippen molar-refractivity contribution in [1.82, 2.24) is 14.9 Å². The molecule has 0 radical (unpaired) electrons. The van der Waals surface area contributed by atoms with Gasteiger partial charge in [0, 0.05) is 38.6 Å². The zero-order chi connectivity index (χ0) is 17.9. The first-order chi connectivity index (χ1) is 12.7. The van der Waals surface area contributed by atoms with Crippen LogP contribution in [-0.4, -0.2) is 53.6 Å². The molecule has 0 aliphatic carbocycles. The van der Waals surface area contributed by atoms with Gasteiger partial charge in [-0.25, -0.2) is 4.98 Å². The van der Waals surface area contributed by atoms with Crippen LogP contribution in [0.15, 0.2) is 36.7 Å². The topological polar surface area (TPSA) is 58.6 Å². The fourth-order valence-electron chi connectivity index (χ4n) is 3.81. The van der Waals surface area contributed by atoms with Crippen LogP contribution in [0.1, 0.15) is 29.3 Å². The van der Waals surface area contributed by atoms with Crippen molar-refractivity contribution >= 4 is 11.7 Å². The molecule has 1 aromatic heterocycles. The molecule has 136 valence electrons. The highest BCUT2D eigenvalue weighted by Gasteiger charge is 2.28. The summed E-state index contributed by atoms with van der Waals surface area (Å²) in [6.07, 6.45) is 4.66. The van der Waals surface area contributed by atoms with E-state index in [1.165, 1.54) is 11.1 Å². The third-order valence-electron chi connectivity index (χ3n) is 5.24. The lowest BCUT2D eigenvalue weighted by atomic mass is 9.95. The Hall–Kier alpha value is -2.47. The van der Waals surface area contributed by atoms with Gasteiger partial charge in [0.05, 0.1) is 24.8 Å². The van der Waals surface area contributed by atoms with E-state index in [1.54, 1.807) is 12.4 Å². The molecule has 2 aromatic rings. The third kappa shape index (κ3) is 3.42. The van der Waals surface area contributed by atoms with E-state index in [9.17, 15) is 4.79 Å². The van der Waals surface area contributed by atoms with Crippen LogP contribution in [0.2, 0.25) is 0 Å². The van der Waals surface area contributed by atoms with Crippen LogP contribution < -0.4 is 4.90 Å². The van der Waals surface area contributed by atoms with E-state index in [-0.39, 0.29) is 12.0 Å². The number of fused-ring (bicyclic) bond motifs is 1. The van der Waals surface area contributed by atoms with Crippen molar-refractivity contribution in [3.05, 3.63) is 53.5 Å². The van der Waals surface area contributed by atoms with Gasteiger partial charge in [-0.3, -0.25) is 9.78 Å². The van der Waals surface area contributed by atoms with E-state index in [2.05, 4.69) is 33.1 Å². The summed E-state index contributed by atoms with van der Waals surface area (Å²) in [5, 5.41) is 0. The summed E-state index contributed by atoms with van der Waals surface area (Å²) in [4.78, 5) is 25.7. The maximum atomic E-state index is 12.8. The summed E-state index contributed by atoms with van der Waals surface area (Å²) >= 11 is 0. The minimum absolute atomic E-state index is 0.118. The number of piperazine rings is 1. The van der Waals surface area contributed by atoms with E-state index < -0.39 is 0 Å². The number of nitrogens with zero attached hydrogens (tertiary/aromatic N) is 4. The average molecular weight is 352 g/mol. The van der Waals surface area contributed by atoms with Crippen molar-refractivity contribution < 1.29 is 9.53 Å². The molecule has 26 heavy (non-hydrogen) atoms. The molecule has 3 heterocycles. The molecule has 1 unspecified atom stereocenters. The molecule has 0 bridgehead atoms. The van der Waals surface area contributed by atoms with Crippen LogP contribution in [0.4, 0.5) is 5.82 Å². The van der Waals surface area contributed by atoms with Gasteiger partial charge in [-0.05, 0) is 24.5 Å². The molecular formula is C20H24N4O2. The molecule has 4 rings (SSSR count). The predicted octanol–water partition coefficient (Wildman–Crippen LogP) is 2.14. The third-order valence-corrected chi connectivity index (χ3v) is 5.24. The molecule has 1 fully saturated rings. The van der Waals surface area contributed by atoms with Gasteiger partial charge in [-0.15, -0.1) is 0 Å². The standard InChI is InChI=1S/C20H24N4O2/c1-15-20(22-8-7-21-15)24-11-9-23(10-12-24)19(25)14-18-17-5-3-2-4-16(17)6-13-26-18/h2-5,7-8,18H,6,9-14H2,1H3. The molecule has 6 heteroatoms. The van der Waals surface area contributed by atoms with Gasteiger partial charge in [0.2, 0.25) is 5.91 Å². The largest absolute Gasteiger partial charge is 0.373 e. The highest BCUT2D eigenvalue weighted by Crippen LogP contribution is 2.30. The van der Waals surface area contributed by atoms with Crippen LogP contribution in [-0.2, 0) is 16.0 Å². The molecule has 1 amide bonds. The van der Waals surface area contributed by atoms with Crippen molar-refractivity contribution in [2.24, 2.45) is 0 Å². The summed E-state index contributed by atoms with van der Waals surface area (Å²) in [6, 6.07) is 8.29. The van der Waals surface area contributed by atoms with Crippen LogP contribution in [0.5, 0.6) is 0 Å². The molecule has 6 nitrogen and oxygen atoms in total. The Morgan fingerprint density at radius 2 is 1.92 bits per heavy atom. The number of hydrogen-bond donors (Lipinski definition) is 0. The van der Waals surface area contributed by atoms with Crippen LogP contribution in [0.3, 0.4) is 0 Å². The summed E-state index contributed by atoms with van der Waals surface area (Å²) < 4.78 is 5.90. The Morgan fingerprint density at radius 3 is 2.73 bits per heavy atom. The van der Waals surface area contributed by atoms with Gasteiger partial charge in [-0.1, -0.05) is 24.3 Å². The van der Waals surface area contributed by atoms with E-state index in [4.69, 9.17) is 4.74 Å². The number of carbonyl (C=O) groups excluding carboxylic acids is 1. The lowest BCUT2D eigenvalue weighted by Gasteiger charge is -2.36. The van der Waals surface area contributed by atoms with E-state index in [1.807, 2.05) is 17.9 Å². The molecule has 2 aliphatic rings. The average Bonchev–Trinajstić information content (AvgIpc) is 2.69. The zero-order valence-corrected chi connectivity index (χ0v) is 15.1. The molecule has 2 aliphatic heterocycles. The van der Waals surface area contributed by atoms with Gasteiger partial charge >= 0.3 is 0 Å².